The van der Waals surface area contributed by atoms with Crippen molar-refractivity contribution in [3.8, 4) is 0 Å². The first-order chi connectivity index (χ1) is 6.37. The molecule has 0 fully saturated rings. The van der Waals surface area contributed by atoms with Crippen LogP contribution in [0.5, 0.6) is 0 Å². The zero-order valence-corrected chi connectivity index (χ0v) is 9.48. The third kappa shape index (κ3) is 2.70. The zero-order chi connectivity index (χ0) is 10.8. The Morgan fingerprint density at radius 3 is 2.71 bits per heavy atom. The van der Waals surface area contributed by atoms with Crippen molar-refractivity contribution in [3.63, 3.8) is 0 Å². The summed E-state index contributed by atoms with van der Waals surface area (Å²) in [7, 11) is -3.54. The van der Waals surface area contributed by atoms with Crippen LogP contribution in [-0.4, -0.2) is 30.0 Å². The molecule has 0 aliphatic heterocycles. The largest absolute Gasteiger partial charge is 0.266 e. The van der Waals surface area contributed by atoms with Crippen LogP contribution < -0.4 is 4.72 Å². The van der Waals surface area contributed by atoms with Crippen LogP contribution in [0.1, 0.15) is 13.8 Å². The standard InChI is InChI=1S/C7H12ClN3O2S/c1-7(2,5-8)11-14(12,13)6-3-4-9-10-6/h3-4,11H,5H2,1-2H3,(H,9,10). The molecule has 0 saturated carbocycles. The molecule has 5 nitrogen and oxygen atoms in total. The van der Waals surface area contributed by atoms with Crippen molar-refractivity contribution in [2.45, 2.75) is 24.4 Å². The summed E-state index contributed by atoms with van der Waals surface area (Å²) >= 11 is 5.61. The number of hydrogen-bond donors (Lipinski definition) is 2. The first-order valence-electron chi connectivity index (χ1n) is 3.97. The average Bonchev–Trinajstić information content (AvgIpc) is 2.54. The van der Waals surface area contributed by atoms with Crippen molar-refractivity contribution >= 4 is 21.6 Å². The lowest BCUT2D eigenvalue weighted by Crippen LogP contribution is -2.44. The monoisotopic (exact) mass is 237 g/mol. The smallest absolute Gasteiger partial charge is 0.257 e. The number of aromatic nitrogens is 2. The maximum absolute atomic E-state index is 11.6. The molecule has 80 valence electrons. The van der Waals surface area contributed by atoms with Crippen molar-refractivity contribution < 1.29 is 8.42 Å². The molecule has 0 aliphatic carbocycles. The van der Waals surface area contributed by atoms with Gasteiger partial charge in [-0.05, 0) is 19.9 Å². The van der Waals surface area contributed by atoms with E-state index < -0.39 is 15.6 Å². The molecule has 0 spiro atoms. The summed E-state index contributed by atoms with van der Waals surface area (Å²) in [4.78, 5) is 0. The minimum Gasteiger partial charge on any atom is -0.266 e. The van der Waals surface area contributed by atoms with E-state index in [1.54, 1.807) is 13.8 Å². The minimum absolute atomic E-state index is 0.0377. The summed E-state index contributed by atoms with van der Waals surface area (Å²) in [6, 6.07) is 1.38. The zero-order valence-electron chi connectivity index (χ0n) is 7.91. The van der Waals surface area contributed by atoms with E-state index in [0.717, 1.165) is 0 Å². The van der Waals surface area contributed by atoms with Gasteiger partial charge in [0.15, 0.2) is 5.03 Å². The second-order valence-electron chi connectivity index (χ2n) is 3.54. The van der Waals surface area contributed by atoms with Gasteiger partial charge in [-0.25, -0.2) is 13.1 Å². The molecule has 0 aromatic carbocycles. The summed E-state index contributed by atoms with van der Waals surface area (Å²) in [6.45, 7) is 3.40. The minimum atomic E-state index is -3.54. The summed E-state index contributed by atoms with van der Waals surface area (Å²) in [5.74, 6) is 0.195. The molecule has 0 aliphatic rings. The van der Waals surface area contributed by atoms with Crippen LogP contribution in [0.15, 0.2) is 17.3 Å². The molecule has 1 rings (SSSR count). The number of rotatable bonds is 4. The van der Waals surface area contributed by atoms with Gasteiger partial charge in [-0.3, -0.25) is 5.10 Å². The van der Waals surface area contributed by atoms with E-state index >= 15 is 0 Å². The van der Waals surface area contributed by atoms with Crippen LogP contribution in [0.25, 0.3) is 0 Å². The van der Waals surface area contributed by atoms with Crippen molar-refractivity contribution in [2.75, 3.05) is 5.88 Å². The molecule has 1 heterocycles. The van der Waals surface area contributed by atoms with Crippen molar-refractivity contribution in [1.29, 1.82) is 0 Å². The van der Waals surface area contributed by atoms with Crippen LogP contribution in [0.3, 0.4) is 0 Å². The van der Waals surface area contributed by atoms with Crippen molar-refractivity contribution in [3.05, 3.63) is 12.3 Å². The molecule has 0 radical (unpaired) electrons. The number of aromatic amines is 1. The van der Waals surface area contributed by atoms with Crippen LogP contribution in [0.4, 0.5) is 0 Å². The van der Waals surface area contributed by atoms with Gasteiger partial charge in [0.2, 0.25) is 0 Å². The lowest BCUT2D eigenvalue weighted by atomic mass is 10.1. The van der Waals surface area contributed by atoms with Gasteiger partial charge < -0.3 is 0 Å². The fraction of sp³-hybridized carbons (Fsp3) is 0.571. The predicted molar refractivity (Wildman–Crippen MR) is 53.7 cm³/mol. The highest BCUT2D eigenvalue weighted by Gasteiger charge is 2.25. The molecular weight excluding hydrogens is 226 g/mol. The molecule has 7 heteroatoms. The number of halogens is 1. The molecule has 0 unspecified atom stereocenters. The van der Waals surface area contributed by atoms with E-state index in [2.05, 4.69) is 14.9 Å². The van der Waals surface area contributed by atoms with Gasteiger partial charge in [0.25, 0.3) is 10.0 Å². The lowest BCUT2D eigenvalue weighted by molar-refractivity contribution is 0.494. The molecule has 0 saturated heterocycles. The van der Waals surface area contributed by atoms with E-state index in [0.29, 0.717) is 0 Å². The number of sulfonamides is 1. The first kappa shape index (κ1) is 11.5. The van der Waals surface area contributed by atoms with Crippen LogP contribution in [0, 0.1) is 0 Å². The lowest BCUT2D eigenvalue weighted by Gasteiger charge is -2.22. The molecule has 1 aromatic rings. The van der Waals surface area contributed by atoms with E-state index in [9.17, 15) is 8.42 Å². The highest BCUT2D eigenvalue weighted by molar-refractivity contribution is 7.89. The second kappa shape index (κ2) is 3.88. The first-order valence-corrected chi connectivity index (χ1v) is 5.98. The average molecular weight is 238 g/mol. The maximum Gasteiger partial charge on any atom is 0.257 e. The van der Waals surface area contributed by atoms with Crippen LogP contribution >= 0.6 is 11.6 Å². The molecular formula is C7H12ClN3O2S. The van der Waals surface area contributed by atoms with Crippen LogP contribution in [0.2, 0.25) is 0 Å². The van der Waals surface area contributed by atoms with Gasteiger partial charge in [0.1, 0.15) is 0 Å². The summed E-state index contributed by atoms with van der Waals surface area (Å²) in [5, 5.41) is 5.99. The highest BCUT2D eigenvalue weighted by Crippen LogP contribution is 2.11. The van der Waals surface area contributed by atoms with Gasteiger partial charge in [-0.2, -0.15) is 5.10 Å². The Morgan fingerprint density at radius 2 is 2.29 bits per heavy atom. The fourth-order valence-corrected chi connectivity index (χ4v) is 2.31. The number of hydrogen-bond acceptors (Lipinski definition) is 3. The fourth-order valence-electron chi connectivity index (χ4n) is 0.839. The van der Waals surface area contributed by atoms with E-state index in [4.69, 9.17) is 11.6 Å². The Hall–Kier alpha value is -0.590. The molecule has 14 heavy (non-hydrogen) atoms. The Bertz CT molecular complexity index is 385. The van der Waals surface area contributed by atoms with E-state index in [1.165, 1.54) is 12.3 Å². The van der Waals surface area contributed by atoms with Gasteiger partial charge in [-0.15, -0.1) is 11.6 Å². The van der Waals surface area contributed by atoms with Crippen molar-refractivity contribution in [2.24, 2.45) is 0 Å². The Kier molecular flexibility index (Phi) is 3.18. The molecule has 0 amide bonds. The number of nitrogens with one attached hydrogen (secondary N) is 2. The molecule has 0 atom stereocenters. The Labute approximate surface area is 87.9 Å². The number of nitrogens with zero attached hydrogens (tertiary/aromatic N) is 1. The number of alkyl halides is 1. The second-order valence-corrected chi connectivity index (χ2v) is 5.46. The van der Waals surface area contributed by atoms with E-state index in [-0.39, 0.29) is 10.9 Å². The quantitative estimate of drug-likeness (QED) is 0.758. The van der Waals surface area contributed by atoms with E-state index in [1.807, 2.05) is 0 Å². The Morgan fingerprint density at radius 1 is 1.64 bits per heavy atom. The molecule has 0 bridgehead atoms. The van der Waals surface area contributed by atoms with Gasteiger partial charge >= 0.3 is 0 Å². The summed E-state index contributed by atoms with van der Waals surface area (Å²) in [6.07, 6.45) is 1.38. The van der Waals surface area contributed by atoms with Crippen LogP contribution in [-0.2, 0) is 10.0 Å². The molecule has 2 N–H and O–H groups in total. The predicted octanol–water partition coefficient (Wildman–Crippen LogP) is 0.705. The third-order valence-corrected chi connectivity index (χ3v) is 3.81. The number of H-pyrrole nitrogens is 1. The van der Waals surface area contributed by atoms with Gasteiger partial charge in [-0.1, -0.05) is 0 Å². The third-order valence-electron chi connectivity index (χ3n) is 1.51. The van der Waals surface area contributed by atoms with Gasteiger partial charge in [0, 0.05) is 11.4 Å². The summed E-state index contributed by atoms with van der Waals surface area (Å²) in [5.41, 5.74) is -0.675. The normalized spacial score (nSPS) is 13.1. The maximum atomic E-state index is 11.6. The Balaban J connectivity index is 2.89. The highest BCUT2D eigenvalue weighted by atomic mass is 35.5. The van der Waals surface area contributed by atoms with Crippen molar-refractivity contribution in [1.82, 2.24) is 14.9 Å². The van der Waals surface area contributed by atoms with Gasteiger partial charge in [0.05, 0.1) is 6.20 Å². The summed E-state index contributed by atoms with van der Waals surface area (Å²) < 4.78 is 25.7. The topological polar surface area (TPSA) is 74.8 Å². The molecule has 1 aromatic heterocycles. The SMILES string of the molecule is CC(C)(CCl)NS(=O)(=O)c1ccn[nH]1.